The molecule has 3 rings (SSSR count). The molecule has 0 radical (unpaired) electrons. The zero-order chi connectivity index (χ0) is 22.8. The quantitative estimate of drug-likeness (QED) is 0.618. The van der Waals surface area contributed by atoms with Gasteiger partial charge in [0.25, 0.3) is 0 Å². The Balaban J connectivity index is 0. The van der Waals surface area contributed by atoms with Crippen LogP contribution in [0.15, 0.2) is 36.4 Å². The summed E-state index contributed by atoms with van der Waals surface area (Å²) >= 11 is 0. The fourth-order valence-corrected chi connectivity index (χ4v) is 3.31. The number of aryl methyl sites for hydroxylation is 3. The first-order valence-electron chi connectivity index (χ1n) is 10.4. The van der Waals surface area contributed by atoms with E-state index >= 15 is 0 Å². The van der Waals surface area contributed by atoms with Crippen molar-refractivity contribution in [3.63, 3.8) is 0 Å². The zero-order valence-corrected chi connectivity index (χ0v) is 19.7. The molecule has 0 aromatic heterocycles. The number of nitrogens with zero attached hydrogens (tertiary/aromatic N) is 1. The summed E-state index contributed by atoms with van der Waals surface area (Å²) in [6, 6.07) is 13.3. The van der Waals surface area contributed by atoms with E-state index in [1.807, 2.05) is 27.4 Å². The third-order valence-corrected chi connectivity index (χ3v) is 4.82. The molecule has 1 aliphatic rings. The summed E-state index contributed by atoms with van der Waals surface area (Å²) in [5, 5.41) is 0. The van der Waals surface area contributed by atoms with Crippen LogP contribution < -0.4 is 0 Å². The Bertz CT molecular complexity index is 657. The van der Waals surface area contributed by atoms with Crippen molar-refractivity contribution in [1.29, 1.82) is 0 Å². The maximum atomic E-state index is 8.00. The summed E-state index contributed by atoms with van der Waals surface area (Å²) in [5.74, 6) is 0. The first-order valence-corrected chi connectivity index (χ1v) is 10.4. The summed E-state index contributed by atoms with van der Waals surface area (Å²) in [4.78, 5) is 18.5. The van der Waals surface area contributed by atoms with Gasteiger partial charge >= 0.3 is 0 Å². The molecule has 0 amide bonds. The summed E-state index contributed by atoms with van der Waals surface area (Å²) in [5.41, 5.74) is 8.67. The Morgan fingerprint density at radius 3 is 1.83 bits per heavy atom. The van der Waals surface area contributed by atoms with Gasteiger partial charge in [-0.1, -0.05) is 62.7 Å². The molecule has 0 fully saturated rings. The first-order chi connectivity index (χ1) is 14.0. The number of hydrogen-bond donors (Lipinski definition) is 0. The van der Waals surface area contributed by atoms with Crippen LogP contribution in [-0.4, -0.2) is 31.6 Å². The van der Waals surface area contributed by atoms with Gasteiger partial charge in [-0.2, -0.15) is 0 Å². The molecule has 0 N–H and O–H groups in total. The lowest BCUT2D eigenvalue weighted by atomic mass is 10.00. The van der Waals surface area contributed by atoms with E-state index in [1.165, 1.54) is 53.7 Å². The van der Waals surface area contributed by atoms with E-state index in [0.29, 0.717) is 0 Å². The normalized spacial score (nSPS) is 11.6. The molecule has 1 aliphatic heterocycles. The molecule has 0 spiro atoms. The smallest absolute Gasteiger partial charge is 0.106 e. The van der Waals surface area contributed by atoms with Crippen molar-refractivity contribution in [3.05, 3.63) is 69.8 Å². The van der Waals surface area contributed by atoms with Crippen LogP contribution in [0, 0.1) is 27.7 Å². The van der Waals surface area contributed by atoms with Crippen LogP contribution in [0.25, 0.3) is 0 Å². The predicted molar refractivity (Wildman–Crippen MR) is 127 cm³/mol. The fraction of sp³-hybridized carbons (Fsp3) is 0.462. The number of carbonyl (C=O) groups is 2. The van der Waals surface area contributed by atoms with Crippen molar-refractivity contribution in [2.45, 2.75) is 67.9 Å². The number of benzene rings is 2. The van der Waals surface area contributed by atoms with Gasteiger partial charge in [-0.25, -0.2) is 0 Å². The lowest BCUT2D eigenvalue weighted by molar-refractivity contribution is -0.0987. The van der Waals surface area contributed by atoms with Crippen molar-refractivity contribution >= 4 is 13.6 Å². The molecule has 29 heavy (non-hydrogen) atoms. The van der Waals surface area contributed by atoms with E-state index in [4.69, 9.17) is 9.59 Å². The third-order valence-electron chi connectivity index (χ3n) is 4.82. The topological polar surface area (TPSA) is 37.4 Å². The van der Waals surface area contributed by atoms with Crippen molar-refractivity contribution in [1.82, 2.24) is 4.90 Å². The minimum atomic E-state index is 1.16. The molecule has 2 aromatic carbocycles. The van der Waals surface area contributed by atoms with Crippen molar-refractivity contribution in [2.24, 2.45) is 0 Å². The Morgan fingerprint density at radius 2 is 1.34 bits per heavy atom. The SMILES string of the molecule is C=O.C=O.CC.CCCN1CCc2ccccc2C1.Cc1cc(C)c(C)c(C)c1. The highest BCUT2D eigenvalue weighted by molar-refractivity contribution is 5.36. The molecular weight excluding hydrogens is 358 g/mol. The first kappa shape index (κ1) is 28.9. The molecule has 162 valence electrons. The van der Waals surface area contributed by atoms with Gasteiger partial charge in [0.1, 0.15) is 13.6 Å². The van der Waals surface area contributed by atoms with E-state index in [-0.39, 0.29) is 0 Å². The molecule has 3 heteroatoms. The predicted octanol–water partition coefficient (Wildman–Crippen LogP) is 6.03. The Labute approximate surface area is 179 Å². The minimum absolute atomic E-state index is 1.16. The summed E-state index contributed by atoms with van der Waals surface area (Å²) < 4.78 is 0. The van der Waals surface area contributed by atoms with Crippen LogP contribution in [0.5, 0.6) is 0 Å². The number of carbonyl (C=O) groups excluding carboxylic acids is 2. The molecule has 0 atom stereocenters. The van der Waals surface area contributed by atoms with E-state index in [2.05, 4.69) is 75.9 Å². The van der Waals surface area contributed by atoms with Gasteiger partial charge in [-0.3, -0.25) is 4.90 Å². The van der Waals surface area contributed by atoms with Crippen LogP contribution in [0.2, 0.25) is 0 Å². The van der Waals surface area contributed by atoms with Gasteiger partial charge in [0, 0.05) is 13.1 Å². The van der Waals surface area contributed by atoms with Crippen LogP contribution in [0.1, 0.15) is 60.6 Å². The van der Waals surface area contributed by atoms with Gasteiger partial charge in [0.15, 0.2) is 0 Å². The lowest BCUT2D eigenvalue weighted by Gasteiger charge is -2.28. The summed E-state index contributed by atoms with van der Waals surface area (Å²) in [6.45, 7) is 22.5. The summed E-state index contributed by atoms with van der Waals surface area (Å²) in [7, 11) is 0. The third kappa shape index (κ3) is 10.7. The van der Waals surface area contributed by atoms with Crippen LogP contribution >= 0.6 is 0 Å². The minimum Gasteiger partial charge on any atom is -0.307 e. The van der Waals surface area contributed by atoms with Gasteiger partial charge in [0.2, 0.25) is 0 Å². The number of rotatable bonds is 2. The van der Waals surface area contributed by atoms with E-state index in [0.717, 1.165) is 6.54 Å². The monoisotopic (exact) mass is 399 g/mol. The van der Waals surface area contributed by atoms with Gasteiger partial charge in [-0.15, -0.1) is 0 Å². The maximum absolute atomic E-state index is 8.00. The molecule has 0 aliphatic carbocycles. The highest BCUT2D eigenvalue weighted by Gasteiger charge is 2.13. The molecule has 2 aromatic rings. The molecule has 0 saturated carbocycles. The van der Waals surface area contributed by atoms with E-state index < -0.39 is 0 Å². The molecule has 3 nitrogen and oxygen atoms in total. The molecule has 0 saturated heterocycles. The highest BCUT2D eigenvalue weighted by atomic mass is 16.1. The zero-order valence-electron chi connectivity index (χ0n) is 19.7. The highest BCUT2D eigenvalue weighted by Crippen LogP contribution is 2.18. The van der Waals surface area contributed by atoms with Gasteiger partial charge in [-0.05, 0) is 74.9 Å². The number of fused-ring (bicyclic) bond motifs is 1. The second kappa shape index (κ2) is 17.8. The van der Waals surface area contributed by atoms with E-state index in [1.54, 1.807) is 5.56 Å². The van der Waals surface area contributed by atoms with Crippen LogP contribution in [-0.2, 0) is 22.6 Å². The number of hydrogen-bond acceptors (Lipinski definition) is 3. The maximum Gasteiger partial charge on any atom is 0.106 e. The average Bonchev–Trinajstić information content (AvgIpc) is 2.77. The van der Waals surface area contributed by atoms with E-state index in [9.17, 15) is 0 Å². The largest absolute Gasteiger partial charge is 0.307 e. The average molecular weight is 400 g/mol. The van der Waals surface area contributed by atoms with Crippen molar-refractivity contribution < 1.29 is 9.59 Å². The van der Waals surface area contributed by atoms with Gasteiger partial charge < -0.3 is 9.59 Å². The Kier molecular flexibility index (Phi) is 17.8. The second-order valence-electron chi connectivity index (χ2n) is 6.82. The second-order valence-corrected chi connectivity index (χ2v) is 6.82. The molecule has 1 heterocycles. The standard InChI is InChI=1S/C12H17N.C10H14.C2H6.2CH2O/c1-2-8-13-9-7-11-5-3-4-6-12(11)10-13;1-7-5-8(2)10(4)9(3)6-7;3*1-2/h3-6H,2,7-10H2,1H3;5-6H,1-4H3;1-2H3;2*1H2. The van der Waals surface area contributed by atoms with Crippen LogP contribution in [0.4, 0.5) is 0 Å². The molecular formula is C26H41NO2. The Hall–Kier alpha value is -2.26. The van der Waals surface area contributed by atoms with Gasteiger partial charge in [0.05, 0.1) is 0 Å². The van der Waals surface area contributed by atoms with Crippen LogP contribution in [0.3, 0.4) is 0 Å². The fourth-order valence-electron chi connectivity index (χ4n) is 3.31. The lowest BCUT2D eigenvalue weighted by Crippen LogP contribution is -2.30. The van der Waals surface area contributed by atoms with Crippen molar-refractivity contribution in [3.8, 4) is 0 Å². The Morgan fingerprint density at radius 1 is 0.862 bits per heavy atom. The molecule has 0 unspecified atom stereocenters. The summed E-state index contributed by atoms with van der Waals surface area (Å²) in [6.07, 6.45) is 2.50. The van der Waals surface area contributed by atoms with Crippen molar-refractivity contribution in [2.75, 3.05) is 13.1 Å². The molecule has 0 bridgehead atoms.